The van der Waals surface area contributed by atoms with E-state index in [1.54, 1.807) is 4.90 Å². The number of carboxylic acids is 1. The summed E-state index contributed by atoms with van der Waals surface area (Å²) in [4.78, 5) is 37.9. The topological polar surface area (TPSA) is 86.7 Å². The molecular weight excluding hydrogens is 339 g/mol. The minimum absolute atomic E-state index is 0.138. The second kappa shape index (κ2) is 8.78. The van der Waals surface area contributed by atoms with Gasteiger partial charge in [-0.1, -0.05) is 13.8 Å². The number of likely N-dealkylation sites (tertiary alicyclic amines) is 1. The summed E-state index contributed by atoms with van der Waals surface area (Å²) in [6, 6.07) is 4.37. The molecule has 0 aromatic heterocycles. The van der Waals surface area contributed by atoms with Crippen molar-refractivity contribution >= 4 is 17.8 Å². The quantitative estimate of drug-likeness (QED) is 0.811. The summed E-state index contributed by atoms with van der Waals surface area (Å²) < 4.78 is 13.0. The molecule has 2 rings (SSSR count). The minimum atomic E-state index is -1.05. The second-order valence-electron chi connectivity index (χ2n) is 7.13. The van der Waals surface area contributed by atoms with Crippen molar-refractivity contribution in [3.63, 3.8) is 0 Å². The van der Waals surface area contributed by atoms with Gasteiger partial charge in [0.2, 0.25) is 5.91 Å². The lowest BCUT2D eigenvalue weighted by Crippen LogP contribution is -2.49. The summed E-state index contributed by atoms with van der Waals surface area (Å²) in [6.45, 7) is 4.54. The van der Waals surface area contributed by atoms with Crippen molar-refractivity contribution in [3.05, 3.63) is 35.6 Å². The molecule has 6 nitrogen and oxygen atoms in total. The van der Waals surface area contributed by atoms with E-state index in [2.05, 4.69) is 5.32 Å². The molecule has 2 unspecified atom stereocenters. The van der Waals surface area contributed by atoms with Crippen LogP contribution in [0.15, 0.2) is 24.3 Å². The highest BCUT2D eigenvalue weighted by Gasteiger charge is 2.31. The number of amides is 2. The van der Waals surface area contributed by atoms with Gasteiger partial charge in [0, 0.05) is 18.7 Å². The standard InChI is InChI=1S/C19H25FN2O4/c1-12(2)10-16(19(25)26)21-17(23)14-4-3-9-22(11-14)18(24)13-5-7-15(20)8-6-13/h5-8,12,14,16H,3-4,9-11H2,1-2H3,(H,21,23)(H,25,26). The van der Waals surface area contributed by atoms with Crippen LogP contribution in [0.1, 0.15) is 43.5 Å². The maximum Gasteiger partial charge on any atom is 0.326 e. The fourth-order valence-electron chi connectivity index (χ4n) is 3.13. The summed E-state index contributed by atoms with van der Waals surface area (Å²) >= 11 is 0. The molecule has 1 saturated heterocycles. The number of aliphatic carboxylic acids is 1. The zero-order valence-electron chi connectivity index (χ0n) is 15.1. The molecule has 1 aromatic rings. The molecule has 7 heteroatoms. The van der Waals surface area contributed by atoms with Crippen molar-refractivity contribution < 1.29 is 23.9 Å². The average Bonchev–Trinajstić information content (AvgIpc) is 2.60. The molecule has 2 atom stereocenters. The van der Waals surface area contributed by atoms with E-state index < -0.39 is 23.7 Å². The van der Waals surface area contributed by atoms with E-state index in [0.717, 1.165) is 0 Å². The van der Waals surface area contributed by atoms with Gasteiger partial charge in [0.05, 0.1) is 5.92 Å². The Morgan fingerprint density at radius 1 is 1.27 bits per heavy atom. The molecule has 0 bridgehead atoms. The maximum absolute atomic E-state index is 13.0. The lowest BCUT2D eigenvalue weighted by molar-refractivity contribution is -0.143. The van der Waals surface area contributed by atoms with E-state index in [1.165, 1.54) is 24.3 Å². The third-order valence-electron chi connectivity index (χ3n) is 4.49. The van der Waals surface area contributed by atoms with Gasteiger partial charge >= 0.3 is 5.97 Å². The Hall–Kier alpha value is -2.44. The molecule has 0 saturated carbocycles. The predicted octanol–water partition coefficient (Wildman–Crippen LogP) is 2.29. The number of rotatable bonds is 6. The fraction of sp³-hybridized carbons (Fsp3) is 0.526. The number of nitrogens with zero attached hydrogens (tertiary/aromatic N) is 1. The van der Waals surface area contributed by atoms with E-state index in [-0.39, 0.29) is 24.3 Å². The van der Waals surface area contributed by atoms with Crippen molar-refractivity contribution in [2.75, 3.05) is 13.1 Å². The second-order valence-corrected chi connectivity index (χ2v) is 7.13. The Morgan fingerprint density at radius 3 is 2.50 bits per heavy atom. The van der Waals surface area contributed by atoms with Crippen molar-refractivity contribution in [2.45, 2.75) is 39.2 Å². The van der Waals surface area contributed by atoms with Crippen LogP contribution in [0.3, 0.4) is 0 Å². The Balaban J connectivity index is 2.00. The first kappa shape index (κ1) is 19.9. The Labute approximate surface area is 152 Å². The smallest absolute Gasteiger partial charge is 0.326 e. The first-order chi connectivity index (χ1) is 12.3. The summed E-state index contributed by atoms with van der Waals surface area (Å²) in [5.41, 5.74) is 0.371. The molecule has 142 valence electrons. The molecule has 1 fully saturated rings. The molecule has 2 N–H and O–H groups in total. The van der Waals surface area contributed by atoms with Gasteiger partial charge in [0.15, 0.2) is 0 Å². The molecule has 26 heavy (non-hydrogen) atoms. The highest BCUT2D eigenvalue weighted by atomic mass is 19.1. The normalized spacial score (nSPS) is 18.5. The maximum atomic E-state index is 13.0. The van der Waals surface area contributed by atoms with Crippen LogP contribution in [0.25, 0.3) is 0 Å². The zero-order valence-corrected chi connectivity index (χ0v) is 15.1. The predicted molar refractivity (Wildman–Crippen MR) is 94.0 cm³/mol. The van der Waals surface area contributed by atoms with Crippen LogP contribution in [0.4, 0.5) is 4.39 Å². The van der Waals surface area contributed by atoms with Gasteiger partial charge in [-0.2, -0.15) is 0 Å². The van der Waals surface area contributed by atoms with Gasteiger partial charge in [-0.3, -0.25) is 9.59 Å². The Kier molecular flexibility index (Phi) is 6.71. The minimum Gasteiger partial charge on any atom is -0.480 e. The number of carboxylic acid groups (broad SMARTS) is 1. The Bertz CT molecular complexity index is 660. The lowest BCUT2D eigenvalue weighted by Gasteiger charge is -2.32. The highest BCUT2D eigenvalue weighted by molar-refractivity contribution is 5.94. The third-order valence-corrected chi connectivity index (χ3v) is 4.49. The number of carbonyl (C=O) groups excluding carboxylic acids is 2. The highest BCUT2D eigenvalue weighted by Crippen LogP contribution is 2.20. The van der Waals surface area contributed by atoms with Gasteiger partial charge in [-0.25, -0.2) is 9.18 Å². The van der Waals surface area contributed by atoms with Gasteiger partial charge in [0.25, 0.3) is 5.91 Å². The van der Waals surface area contributed by atoms with E-state index in [0.29, 0.717) is 31.4 Å². The summed E-state index contributed by atoms with van der Waals surface area (Å²) in [5, 5.41) is 11.9. The van der Waals surface area contributed by atoms with Crippen molar-refractivity contribution in [1.82, 2.24) is 10.2 Å². The number of benzene rings is 1. The SMILES string of the molecule is CC(C)CC(NC(=O)C1CCCN(C(=O)c2ccc(F)cc2)C1)C(=O)O. The van der Waals surface area contributed by atoms with Crippen LogP contribution < -0.4 is 5.32 Å². The molecule has 1 aromatic carbocycles. The van der Waals surface area contributed by atoms with E-state index >= 15 is 0 Å². The van der Waals surface area contributed by atoms with Crippen molar-refractivity contribution in [3.8, 4) is 0 Å². The van der Waals surface area contributed by atoms with Crippen LogP contribution in [0.5, 0.6) is 0 Å². The number of hydrogen-bond acceptors (Lipinski definition) is 3. The number of nitrogens with one attached hydrogen (secondary N) is 1. The first-order valence-electron chi connectivity index (χ1n) is 8.86. The largest absolute Gasteiger partial charge is 0.480 e. The first-order valence-corrected chi connectivity index (χ1v) is 8.86. The molecular formula is C19H25FN2O4. The van der Waals surface area contributed by atoms with Crippen LogP contribution in [-0.4, -0.2) is 46.9 Å². The fourth-order valence-corrected chi connectivity index (χ4v) is 3.13. The van der Waals surface area contributed by atoms with Crippen molar-refractivity contribution in [2.24, 2.45) is 11.8 Å². The van der Waals surface area contributed by atoms with Gasteiger partial charge in [-0.05, 0) is 49.4 Å². The average molecular weight is 364 g/mol. The van der Waals surface area contributed by atoms with Crippen LogP contribution >= 0.6 is 0 Å². The van der Waals surface area contributed by atoms with E-state index in [1.807, 2.05) is 13.8 Å². The van der Waals surface area contributed by atoms with Crippen LogP contribution in [-0.2, 0) is 9.59 Å². The van der Waals surface area contributed by atoms with Crippen LogP contribution in [0, 0.1) is 17.7 Å². The molecule has 2 amide bonds. The molecule has 0 spiro atoms. The Morgan fingerprint density at radius 2 is 1.92 bits per heavy atom. The van der Waals surface area contributed by atoms with Gasteiger partial charge < -0.3 is 15.3 Å². The number of carbonyl (C=O) groups is 3. The number of piperidine rings is 1. The molecule has 1 aliphatic heterocycles. The summed E-state index contributed by atoms with van der Waals surface area (Å²) in [5.74, 6) is -2.36. The molecule has 1 aliphatic rings. The van der Waals surface area contributed by atoms with Gasteiger partial charge in [0.1, 0.15) is 11.9 Å². The van der Waals surface area contributed by atoms with Crippen molar-refractivity contribution in [1.29, 1.82) is 0 Å². The summed E-state index contributed by atoms with van der Waals surface area (Å²) in [6.07, 6.45) is 1.62. The monoisotopic (exact) mass is 364 g/mol. The molecule has 0 radical (unpaired) electrons. The molecule has 1 heterocycles. The molecule has 0 aliphatic carbocycles. The van der Waals surface area contributed by atoms with Gasteiger partial charge in [-0.15, -0.1) is 0 Å². The lowest BCUT2D eigenvalue weighted by atomic mass is 9.95. The number of halogens is 1. The third kappa shape index (κ3) is 5.28. The van der Waals surface area contributed by atoms with Crippen LogP contribution in [0.2, 0.25) is 0 Å². The zero-order chi connectivity index (χ0) is 19.3. The number of hydrogen-bond donors (Lipinski definition) is 2. The van der Waals surface area contributed by atoms with E-state index in [4.69, 9.17) is 0 Å². The summed E-state index contributed by atoms with van der Waals surface area (Å²) in [7, 11) is 0. The van der Waals surface area contributed by atoms with E-state index in [9.17, 15) is 23.9 Å².